The molecule has 1 heterocycles. The Morgan fingerprint density at radius 3 is 2.88 bits per heavy atom. The van der Waals surface area contributed by atoms with Gasteiger partial charge in [0.1, 0.15) is 0 Å². The summed E-state index contributed by atoms with van der Waals surface area (Å²) in [6.45, 7) is 2.20. The Bertz CT molecular complexity index is 76.8. The van der Waals surface area contributed by atoms with Gasteiger partial charge in [-0.05, 0) is 7.05 Å². The maximum absolute atomic E-state index is 5.60. The van der Waals surface area contributed by atoms with Gasteiger partial charge in [-0.15, -0.1) is 11.6 Å². The van der Waals surface area contributed by atoms with Crippen LogP contribution in [0.1, 0.15) is 0 Å². The Labute approximate surface area is 54.8 Å². The van der Waals surface area contributed by atoms with E-state index in [0.717, 1.165) is 13.1 Å². The second-order valence-corrected chi connectivity index (χ2v) is 2.41. The predicted octanol–water partition coefficient (Wildman–Crippen LogP) is 0.0863. The van der Waals surface area contributed by atoms with E-state index in [4.69, 9.17) is 11.6 Å². The molecule has 0 radical (unpaired) electrons. The Hall–Kier alpha value is 0.210. The molecule has 1 rings (SSSR count). The highest BCUT2D eigenvalue weighted by molar-refractivity contribution is 6.18. The van der Waals surface area contributed by atoms with E-state index >= 15 is 0 Å². The van der Waals surface area contributed by atoms with Crippen molar-refractivity contribution in [3.8, 4) is 0 Å². The predicted molar refractivity (Wildman–Crippen MR) is 35.1 cm³/mol. The molecule has 0 aliphatic carbocycles. The number of likely N-dealkylation sites (N-methyl/N-ethyl adjacent to an activating group) is 1. The fourth-order valence-electron chi connectivity index (χ4n) is 0.892. The minimum absolute atomic E-state index is 0.414. The lowest BCUT2D eigenvalue weighted by molar-refractivity contribution is 0.319. The Balaban J connectivity index is 2.30. The molecule has 1 aliphatic rings. The molecule has 0 spiro atoms. The zero-order valence-corrected chi connectivity index (χ0v) is 5.78. The van der Waals surface area contributed by atoms with E-state index in [0.29, 0.717) is 12.0 Å². The van der Waals surface area contributed by atoms with E-state index in [1.54, 1.807) is 0 Å². The molecule has 0 saturated carbocycles. The zero-order chi connectivity index (χ0) is 5.98. The highest BCUT2D eigenvalue weighted by Crippen LogP contribution is 1.99. The Morgan fingerprint density at radius 2 is 2.62 bits per heavy atom. The van der Waals surface area contributed by atoms with E-state index in [1.807, 2.05) is 0 Å². The smallest absolute Gasteiger partial charge is 0.0734 e. The van der Waals surface area contributed by atoms with Crippen LogP contribution in [-0.2, 0) is 0 Å². The van der Waals surface area contributed by atoms with Crippen molar-refractivity contribution in [2.75, 3.05) is 26.0 Å². The van der Waals surface area contributed by atoms with E-state index in [1.165, 1.54) is 0 Å². The van der Waals surface area contributed by atoms with Crippen molar-refractivity contribution in [1.29, 1.82) is 0 Å². The molecular weight excluding hydrogens is 124 g/mol. The van der Waals surface area contributed by atoms with Crippen LogP contribution in [0, 0.1) is 0 Å². The fourth-order valence-corrected chi connectivity index (χ4v) is 1.24. The van der Waals surface area contributed by atoms with Crippen molar-refractivity contribution in [2.24, 2.45) is 0 Å². The standard InChI is InChI=1S/C5H11ClN2/c1-8-3-2-7-5(8)4-6/h5,7H,2-4H2,1H3. The molecule has 1 saturated heterocycles. The number of nitrogens with one attached hydrogen (secondary N) is 1. The summed E-state index contributed by atoms with van der Waals surface area (Å²) in [6.07, 6.45) is 0.414. The van der Waals surface area contributed by atoms with Gasteiger partial charge in [0, 0.05) is 13.1 Å². The van der Waals surface area contributed by atoms with Gasteiger partial charge in [-0.2, -0.15) is 0 Å². The minimum Gasteiger partial charge on any atom is -0.299 e. The molecule has 48 valence electrons. The topological polar surface area (TPSA) is 15.3 Å². The van der Waals surface area contributed by atoms with Crippen molar-refractivity contribution >= 4 is 11.6 Å². The Kier molecular flexibility index (Phi) is 2.11. The molecule has 1 aliphatic heterocycles. The average molecular weight is 135 g/mol. The fraction of sp³-hybridized carbons (Fsp3) is 1.00. The SMILES string of the molecule is CN1CCNC1CCl. The normalized spacial score (nSPS) is 31.5. The maximum Gasteiger partial charge on any atom is 0.0734 e. The number of halogens is 1. The summed E-state index contributed by atoms with van der Waals surface area (Å²) >= 11 is 5.60. The third-order valence-corrected chi connectivity index (χ3v) is 1.82. The summed E-state index contributed by atoms with van der Waals surface area (Å²) in [5.41, 5.74) is 0. The minimum atomic E-state index is 0.414. The van der Waals surface area contributed by atoms with Crippen molar-refractivity contribution in [3.05, 3.63) is 0 Å². The molecule has 1 N–H and O–H groups in total. The second-order valence-electron chi connectivity index (χ2n) is 2.10. The number of rotatable bonds is 1. The van der Waals surface area contributed by atoms with E-state index < -0.39 is 0 Å². The molecule has 1 fully saturated rings. The van der Waals surface area contributed by atoms with Crippen molar-refractivity contribution in [1.82, 2.24) is 10.2 Å². The monoisotopic (exact) mass is 134 g/mol. The first-order valence-electron chi connectivity index (χ1n) is 2.84. The van der Waals surface area contributed by atoms with E-state index in [2.05, 4.69) is 17.3 Å². The van der Waals surface area contributed by atoms with Crippen LogP contribution in [0.4, 0.5) is 0 Å². The molecule has 0 amide bonds. The van der Waals surface area contributed by atoms with Gasteiger partial charge in [0.25, 0.3) is 0 Å². The molecule has 0 aromatic carbocycles. The van der Waals surface area contributed by atoms with Gasteiger partial charge < -0.3 is 0 Å². The summed E-state index contributed by atoms with van der Waals surface area (Å²) in [6, 6.07) is 0. The zero-order valence-electron chi connectivity index (χ0n) is 5.02. The van der Waals surface area contributed by atoms with Gasteiger partial charge in [0.05, 0.1) is 12.0 Å². The first-order chi connectivity index (χ1) is 3.84. The van der Waals surface area contributed by atoms with Gasteiger partial charge in [-0.25, -0.2) is 0 Å². The third kappa shape index (κ3) is 1.13. The van der Waals surface area contributed by atoms with Crippen LogP contribution < -0.4 is 5.32 Å². The lowest BCUT2D eigenvalue weighted by Gasteiger charge is -2.14. The van der Waals surface area contributed by atoms with Crippen molar-refractivity contribution in [2.45, 2.75) is 6.17 Å². The van der Waals surface area contributed by atoms with Gasteiger partial charge in [-0.3, -0.25) is 10.2 Å². The summed E-state index contributed by atoms with van der Waals surface area (Å²) in [4.78, 5) is 2.22. The van der Waals surface area contributed by atoms with Gasteiger partial charge in [0.2, 0.25) is 0 Å². The van der Waals surface area contributed by atoms with Crippen LogP contribution in [0.2, 0.25) is 0 Å². The molecule has 0 aromatic rings. The van der Waals surface area contributed by atoms with Crippen molar-refractivity contribution < 1.29 is 0 Å². The molecule has 2 nitrogen and oxygen atoms in total. The highest BCUT2D eigenvalue weighted by atomic mass is 35.5. The first kappa shape index (κ1) is 6.33. The van der Waals surface area contributed by atoms with Gasteiger partial charge >= 0.3 is 0 Å². The lowest BCUT2D eigenvalue weighted by Crippen LogP contribution is -2.34. The van der Waals surface area contributed by atoms with Crippen LogP contribution in [0.5, 0.6) is 0 Å². The van der Waals surface area contributed by atoms with Crippen LogP contribution in [0.25, 0.3) is 0 Å². The van der Waals surface area contributed by atoms with E-state index in [-0.39, 0.29) is 0 Å². The summed E-state index contributed by atoms with van der Waals surface area (Å²) in [7, 11) is 2.08. The number of nitrogens with zero attached hydrogens (tertiary/aromatic N) is 1. The van der Waals surface area contributed by atoms with Crippen LogP contribution in [-0.4, -0.2) is 37.1 Å². The Morgan fingerprint density at radius 1 is 1.88 bits per heavy atom. The van der Waals surface area contributed by atoms with Crippen LogP contribution in [0.3, 0.4) is 0 Å². The summed E-state index contributed by atoms with van der Waals surface area (Å²) < 4.78 is 0. The lowest BCUT2D eigenvalue weighted by atomic mass is 10.5. The van der Waals surface area contributed by atoms with Crippen molar-refractivity contribution in [3.63, 3.8) is 0 Å². The summed E-state index contributed by atoms with van der Waals surface area (Å²) in [5, 5.41) is 3.25. The average Bonchev–Trinajstić information content (AvgIpc) is 2.14. The maximum atomic E-state index is 5.60. The second kappa shape index (κ2) is 2.67. The van der Waals surface area contributed by atoms with Crippen LogP contribution >= 0.6 is 11.6 Å². The largest absolute Gasteiger partial charge is 0.299 e. The van der Waals surface area contributed by atoms with Gasteiger partial charge in [0.15, 0.2) is 0 Å². The van der Waals surface area contributed by atoms with E-state index in [9.17, 15) is 0 Å². The molecule has 8 heavy (non-hydrogen) atoms. The number of hydrogen-bond donors (Lipinski definition) is 1. The number of hydrogen-bond acceptors (Lipinski definition) is 2. The molecule has 0 aromatic heterocycles. The quantitative estimate of drug-likeness (QED) is 0.512. The molecule has 1 unspecified atom stereocenters. The summed E-state index contributed by atoms with van der Waals surface area (Å²) in [5.74, 6) is 0.691. The molecule has 1 atom stereocenters. The number of alkyl halides is 1. The van der Waals surface area contributed by atoms with Crippen LogP contribution in [0.15, 0.2) is 0 Å². The molecule has 3 heteroatoms. The third-order valence-electron chi connectivity index (χ3n) is 1.52. The molecular formula is C5H11ClN2. The first-order valence-corrected chi connectivity index (χ1v) is 3.37. The molecule has 0 bridgehead atoms. The highest BCUT2D eigenvalue weighted by Gasteiger charge is 2.17. The van der Waals surface area contributed by atoms with Gasteiger partial charge in [-0.1, -0.05) is 0 Å².